The Hall–Kier alpha value is -0.890. The SMILES string of the molecule is CC.CC(C)(C)C.Cc1ccc(F)cc1.O. The van der Waals surface area contributed by atoms with E-state index < -0.39 is 0 Å². The van der Waals surface area contributed by atoms with Crippen LogP contribution in [0, 0.1) is 18.2 Å². The summed E-state index contributed by atoms with van der Waals surface area (Å²) in [7, 11) is 0. The summed E-state index contributed by atoms with van der Waals surface area (Å²) in [6.45, 7) is 14.7. The summed E-state index contributed by atoms with van der Waals surface area (Å²) in [6, 6.07) is 6.40. The van der Waals surface area contributed by atoms with E-state index in [2.05, 4.69) is 27.7 Å². The first kappa shape index (κ1) is 20.5. The van der Waals surface area contributed by atoms with Crippen molar-refractivity contribution in [2.45, 2.75) is 48.5 Å². The maximum Gasteiger partial charge on any atom is 0.123 e. The number of rotatable bonds is 0. The minimum atomic E-state index is -0.171. The van der Waals surface area contributed by atoms with E-state index in [9.17, 15) is 4.39 Å². The summed E-state index contributed by atoms with van der Waals surface area (Å²) in [5, 5.41) is 0. The number of benzene rings is 1. The van der Waals surface area contributed by atoms with Crippen LogP contribution in [0.4, 0.5) is 4.39 Å². The highest BCUT2D eigenvalue weighted by molar-refractivity contribution is 5.13. The highest BCUT2D eigenvalue weighted by Crippen LogP contribution is 2.08. The van der Waals surface area contributed by atoms with Crippen molar-refractivity contribution in [3.63, 3.8) is 0 Å². The van der Waals surface area contributed by atoms with Crippen LogP contribution in [0.1, 0.15) is 47.1 Å². The van der Waals surface area contributed by atoms with Gasteiger partial charge in [0.1, 0.15) is 5.82 Å². The van der Waals surface area contributed by atoms with E-state index in [0.717, 1.165) is 5.56 Å². The first-order valence-corrected chi connectivity index (χ1v) is 5.51. The van der Waals surface area contributed by atoms with E-state index in [1.807, 2.05) is 20.8 Å². The molecule has 1 aromatic rings. The van der Waals surface area contributed by atoms with Gasteiger partial charge in [-0.25, -0.2) is 4.39 Å². The Balaban J connectivity index is -0.000000187. The van der Waals surface area contributed by atoms with Gasteiger partial charge in [-0.05, 0) is 24.5 Å². The van der Waals surface area contributed by atoms with E-state index in [0.29, 0.717) is 5.41 Å². The summed E-state index contributed by atoms with van der Waals surface area (Å²) in [5.74, 6) is -0.171. The monoisotopic (exact) mass is 230 g/mol. The predicted octanol–water partition coefficient (Wildman–Crippen LogP) is 4.39. The molecular weight excluding hydrogens is 203 g/mol. The average Bonchev–Trinajstić information content (AvgIpc) is 2.11. The lowest BCUT2D eigenvalue weighted by molar-refractivity contribution is 0.469. The molecule has 0 aliphatic rings. The molecule has 0 bridgehead atoms. The Kier molecular flexibility index (Phi) is 13.6. The predicted molar refractivity (Wildman–Crippen MR) is 71.2 cm³/mol. The summed E-state index contributed by atoms with van der Waals surface area (Å²) in [4.78, 5) is 0. The zero-order chi connectivity index (χ0) is 12.5. The Bertz CT molecular complexity index is 207. The summed E-state index contributed by atoms with van der Waals surface area (Å²) in [5.41, 5.74) is 1.59. The first-order valence-electron chi connectivity index (χ1n) is 5.51. The van der Waals surface area contributed by atoms with E-state index in [-0.39, 0.29) is 11.3 Å². The fourth-order valence-corrected chi connectivity index (χ4v) is 0.533. The second-order valence-corrected chi connectivity index (χ2v) is 4.80. The minimum absolute atomic E-state index is 0. The standard InChI is InChI=1S/C7H7F.C5H12.C2H6.H2O/c1-6-2-4-7(8)5-3-6;1-5(2,3)4;1-2;/h2-5H,1H3;1-4H3;1-2H3;1H2. The van der Waals surface area contributed by atoms with Crippen molar-refractivity contribution in [2.24, 2.45) is 5.41 Å². The van der Waals surface area contributed by atoms with Gasteiger partial charge in [0.25, 0.3) is 0 Å². The van der Waals surface area contributed by atoms with Crippen molar-refractivity contribution in [1.29, 1.82) is 0 Å². The molecule has 0 aliphatic carbocycles. The molecule has 0 saturated heterocycles. The van der Waals surface area contributed by atoms with Crippen molar-refractivity contribution >= 4 is 0 Å². The van der Waals surface area contributed by atoms with Crippen LogP contribution in [0.3, 0.4) is 0 Å². The molecule has 1 nitrogen and oxygen atoms in total. The van der Waals surface area contributed by atoms with Gasteiger partial charge in [-0.1, -0.05) is 59.2 Å². The van der Waals surface area contributed by atoms with Gasteiger partial charge >= 0.3 is 0 Å². The summed E-state index contributed by atoms with van der Waals surface area (Å²) in [6.07, 6.45) is 0. The number of aryl methyl sites for hydroxylation is 1. The molecule has 0 aromatic heterocycles. The Morgan fingerprint density at radius 3 is 1.31 bits per heavy atom. The average molecular weight is 230 g/mol. The molecule has 0 amide bonds. The van der Waals surface area contributed by atoms with Gasteiger partial charge in [-0.15, -0.1) is 0 Å². The molecule has 2 heteroatoms. The van der Waals surface area contributed by atoms with E-state index in [4.69, 9.17) is 0 Å². The van der Waals surface area contributed by atoms with Crippen molar-refractivity contribution in [2.75, 3.05) is 0 Å². The largest absolute Gasteiger partial charge is 0.412 e. The van der Waals surface area contributed by atoms with E-state index in [1.165, 1.54) is 12.1 Å². The van der Waals surface area contributed by atoms with Crippen LogP contribution in [0.2, 0.25) is 0 Å². The summed E-state index contributed by atoms with van der Waals surface area (Å²) >= 11 is 0. The third-order valence-electron chi connectivity index (χ3n) is 1.01. The van der Waals surface area contributed by atoms with E-state index in [1.54, 1.807) is 12.1 Å². The molecule has 0 spiro atoms. The van der Waals surface area contributed by atoms with Gasteiger partial charge in [0.2, 0.25) is 0 Å². The van der Waals surface area contributed by atoms with Crippen LogP contribution in [0.5, 0.6) is 0 Å². The molecule has 0 saturated carbocycles. The first-order chi connectivity index (χ1) is 6.79. The second kappa shape index (κ2) is 10.6. The van der Waals surface area contributed by atoms with Gasteiger partial charge in [0.15, 0.2) is 0 Å². The zero-order valence-corrected chi connectivity index (χ0v) is 11.7. The molecule has 16 heavy (non-hydrogen) atoms. The van der Waals surface area contributed by atoms with E-state index >= 15 is 0 Å². The fourth-order valence-electron chi connectivity index (χ4n) is 0.533. The van der Waals surface area contributed by atoms with Gasteiger partial charge in [0, 0.05) is 0 Å². The zero-order valence-electron chi connectivity index (χ0n) is 11.7. The normalized spacial score (nSPS) is 8.75. The quantitative estimate of drug-likeness (QED) is 0.633. The van der Waals surface area contributed by atoms with Crippen molar-refractivity contribution in [1.82, 2.24) is 0 Å². The molecule has 1 aromatic carbocycles. The number of halogens is 1. The Morgan fingerprint density at radius 2 is 1.12 bits per heavy atom. The molecular formula is C14H27FO. The van der Waals surface area contributed by atoms with Gasteiger partial charge < -0.3 is 5.48 Å². The molecule has 96 valence electrons. The minimum Gasteiger partial charge on any atom is -0.412 e. The third-order valence-corrected chi connectivity index (χ3v) is 1.01. The highest BCUT2D eigenvalue weighted by Gasteiger charge is 1.95. The lowest BCUT2D eigenvalue weighted by Gasteiger charge is -2.05. The third kappa shape index (κ3) is 23.2. The maximum atomic E-state index is 12.1. The molecule has 0 unspecified atom stereocenters. The van der Waals surface area contributed by atoms with Crippen molar-refractivity contribution in [3.8, 4) is 0 Å². The Morgan fingerprint density at radius 1 is 0.875 bits per heavy atom. The molecule has 0 fully saturated rings. The molecule has 2 N–H and O–H groups in total. The van der Waals surface area contributed by atoms with Crippen LogP contribution in [0.25, 0.3) is 0 Å². The van der Waals surface area contributed by atoms with Gasteiger partial charge in [-0.2, -0.15) is 0 Å². The lowest BCUT2D eigenvalue weighted by atomic mass is 10.0. The van der Waals surface area contributed by atoms with Crippen LogP contribution in [-0.2, 0) is 0 Å². The van der Waals surface area contributed by atoms with Crippen LogP contribution < -0.4 is 0 Å². The smallest absolute Gasteiger partial charge is 0.123 e. The maximum absolute atomic E-state index is 12.1. The number of hydrogen-bond acceptors (Lipinski definition) is 0. The highest BCUT2D eigenvalue weighted by atomic mass is 19.1. The van der Waals surface area contributed by atoms with Crippen molar-refractivity contribution < 1.29 is 9.87 Å². The molecule has 0 atom stereocenters. The number of hydrogen-bond donors (Lipinski definition) is 0. The fraction of sp³-hybridized carbons (Fsp3) is 0.571. The van der Waals surface area contributed by atoms with Crippen LogP contribution in [0.15, 0.2) is 24.3 Å². The second-order valence-electron chi connectivity index (χ2n) is 4.80. The van der Waals surface area contributed by atoms with Crippen LogP contribution in [-0.4, -0.2) is 5.48 Å². The van der Waals surface area contributed by atoms with Gasteiger partial charge in [0.05, 0.1) is 0 Å². The summed E-state index contributed by atoms with van der Waals surface area (Å²) < 4.78 is 12.1. The van der Waals surface area contributed by atoms with Crippen LogP contribution >= 0.6 is 0 Å². The Labute approximate surface area is 100 Å². The molecule has 1 rings (SSSR count). The topological polar surface area (TPSA) is 31.5 Å². The lowest BCUT2D eigenvalue weighted by Crippen LogP contribution is -1.93. The molecule has 0 radical (unpaired) electrons. The molecule has 0 aliphatic heterocycles. The van der Waals surface area contributed by atoms with Crippen molar-refractivity contribution in [3.05, 3.63) is 35.6 Å². The van der Waals surface area contributed by atoms with Gasteiger partial charge in [-0.3, -0.25) is 0 Å². The molecule has 0 heterocycles.